The highest BCUT2D eigenvalue weighted by Crippen LogP contribution is 2.29. The first kappa shape index (κ1) is 13.2. The Hall–Kier alpha value is -2.24. The highest BCUT2D eigenvalue weighted by atomic mass is 19.4. The van der Waals surface area contributed by atoms with Gasteiger partial charge < -0.3 is 10.4 Å². The van der Waals surface area contributed by atoms with Crippen LogP contribution in [0.2, 0.25) is 0 Å². The molecule has 1 aromatic heterocycles. The van der Waals surface area contributed by atoms with Gasteiger partial charge in [-0.1, -0.05) is 0 Å². The third-order valence-corrected chi connectivity index (χ3v) is 2.49. The van der Waals surface area contributed by atoms with Crippen LogP contribution in [0.4, 0.5) is 18.9 Å². The van der Waals surface area contributed by atoms with Gasteiger partial charge in [0, 0.05) is 5.69 Å². The summed E-state index contributed by atoms with van der Waals surface area (Å²) in [4.78, 5) is 3.96. The van der Waals surface area contributed by atoms with Gasteiger partial charge in [-0.2, -0.15) is 13.2 Å². The monoisotopic (exact) mass is 268 g/mol. The molecule has 0 saturated heterocycles. The molecule has 6 heteroatoms. The molecule has 0 aliphatic rings. The molecule has 0 fully saturated rings. The lowest BCUT2D eigenvalue weighted by Gasteiger charge is -2.09. The van der Waals surface area contributed by atoms with Gasteiger partial charge in [0.1, 0.15) is 5.75 Å². The smallest absolute Gasteiger partial charge is 0.416 e. The summed E-state index contributed by atoms with van der Waals surface area (Å²) in [5, 5.41) is 12.0. The zero-order valence-electron chi connectivity index (χ0n) is 9.78. The average molecular weight is 268 g/mol. The fraction of sp³-hybridized carbons (Fsp3) is 0.154. The highest BCUT2D eigenvalue weighted by Gasteiger charge is 2.29. The van der Waals surface area contributed by atoms with Crippen LogP contribution in [-0.4, -0.2) is 10.1 Å². The van der Waals surface area contributed by atoms with Crippen molar-refractivity contribution >= 4 is 5.69 Å². The van der Waals surface area contributed by atoms with E-state index >= 15 is 0 Å². The molecule has 2 aromatic rings. The topological polar surface area (TPSA) is 45.1 Å². The van der Waals surface area contributed by atoms with Crippen LogP contribution in [0.1, 0.15) is 11.3 Å². The molecule has 0 bridgehead atoms. The molecule has 2 rings (SSSR count). The van der Waals surface area contributed by atoms with Gasteiger partial charge in [0.2, 0.25) is 0 Å². The second kappa shape index (κ2) is 5.17. The number of halogens is 3. The number of anilines is 1. The van der Waals surface area contributed by atoms with Crippen molar-refractivity contribution in [1.82, 2.24) is 4.98 Å². The van der Waals surface area contributed by atoms with E-state index in [0.29, 0.717) is 17.9 Å². The summed E-state index contributed by atoms with van der Waals surface area (Å²) in [6.45, 7) is 0.367. The third kappa shape index (κ3) is 3.61. The molecule has 2 N–H and O–H groups in total. The van der Waals surface area contributed by atoms with Crippen molar-refractivity contribution in [3.63, 3.8) is 0 Å². The Bertz CT molecular complexity index is 535. The summed E-state index contributed by atoms with van der Waals surface area (Å²) < 4.78 is 37.1. The number of nitrogens with one attached hydrogen (secondary N) is 1. The zero-order valence-corrected chi connectivity index (χ0v) is 9.78. The van der Waals surface area contributed by atoms with Crippen molar-refractivity contribution in [2.24, 2.45) is 0 Å². The number of hydrogen-bond donors (Lipinski definition) is 2. The number of benzene rings is 1. The molecular formula is C13H11F3N2O. The summed E-state index contributed by atoms with van der Waals surface area (Å²) in [6, 6.07) is 7.90. The maximum absolute atomic E-state index is 12.4. The molecule has 1 aromatic carbocycles. The predicted octanol–water partition coefficient (Wildman–Crippen LogP) is 3.42. The lowest BCUT2D eigenvalue weighted by molar-refractivity contribution is -0.137. The minimum absolute atomic E-state index is 0.0679. The van der Waals surface area contributed by atoms with E-state index in [1.165, 1.54) is 24.4 Å². The molecule has 3 nitrogen and oxygen atoms in total. The van der Waals surface area contributed by atoms with Crippen molar-refractivity contribution in [1.29, 1.82) is 0 Å². The van der Waals surface area contributed by atoms with Crippen LogP contribution in [0.3, 0.4) is 0 Å². The van der Waals surface area contributed by atoms with Crippen LogP contribution >= 0.6 is 0 Å². The molecule has 0 saturated carbocycles. The molecular weight excluding hydrogens is 257 g/mol. The van der Waals surface area contributed by atoms with E-state index in [4.69, 9.17) is 5.11 Å². The first-order chi connectivity index (χ1) is 8.95. The standard InChI is InChI=1S/C13H11F3N2O/c14-13(15,16)9-1-3-10(4-2-9)17-7-11-5-6-12(19)8-18-11/h1-6,8,17,19H,7H2. The van der Waals surface area contributed by atoms with E-state index in [-0.39, 0.29) is 5.75 Å². The normalized spacial score (nSPS) is 11.3. The molecule has 0 aliphatic carbocycles. The molecule has 19 heavy (non-hydrogen) atoms. The van der Waals surface area contributed by atoms with E-state index in [1.807, 2.05) is 0 Å². The largest absolute Gasteiger partial charge is 0.506 e. The van der Waals surface area contributed by atoms with E-state index in [1.54, 1.807) is 6.07 Å². The quantitative estimate of drug-likeness (QED) is 0.896. The molecule has 0 unspecified atom stereocenters. The summed E-state index contributed by atoms with van der Waals surface area (Å²) in [5.41, 5.74) is 0.571. The minimum Gasteiger partial charge on any atom is -0.506 e. The average Bonchev–Trinajstić information content (AvgIpc) is 2.37. The van der Waals surface area contributed by atoms with Gasteiger partial charge in [-0.15, -0.1) is 0 Å². The van der Waals surface area contributed by atoms with Crippen LogP contribution in [-0.2, 0) is 12.7 Å². The Kier molecular flexibility index (Phi) is 3.59. The number of nitrogens with zero attached hydrogens (tertiary/aromatic N) is 1. The van der Waals surface area contributed by atoms with Crippen molar-refractivity contribution in [2.45, 2.75) is 12.7 Å². The highest BCUT2D eigenvalue weighted by molar-refractivity contribution is 5.45. The third-order valence-electron chi connectivity index (χ3n) is 2.49. The predicted molar refractivity (Wildman–Crippen MR) is 64.7 cm³/mol. The minimum atomic E-state index is -4.32. The Morgan fingerprint density at radius 2 is 1.74 bits per heavy atom. The summed E-state index contributed by atoms with van der Waals surface area (Å²) in [6.07, 6.45) is -3.01. The van der Waals surface area contributed by atoms with Crippen LogP contribution < -0.4 is 5.32 Å². The van der Waals surface area contributed by atoms with Crippen LogP contribution in [0, 0.1) is 0 Å². The number of aromatic nitrogens is 1. The number of hydrogen-bond acceptors (Lipinski definition) is 3. The molecule has 0 atom stereocenters. The maximum atomic E-state index is 12.4. The van der Waals surface area contributed by atoms with Gasteiger partial charge in [-0.05, 0) is 36.4 Å². The second-order valence-corrected chi connectivity index (χ2v) is 3.94. The van der Waals surface area contributed by atoms with E-state index in [0.717, 1.165) is 12.1 Å². The molecule has 1 heterocycles. The van der Waals surface area contributed by atoms with Crippen molar-refractivity contribution in [3.8, 4) is 5.75 Å². The second-order valence-electron chi connectivity index (χ2n) is 3.94. The van der Waals surface area contributed by atoms with Gasteiger partial charge >= 0.3 is 6.18 Å². The van der Waals surface area contributed by atoms with Crippen molar-refractivity contribution in [3.05, 3.63) is 53.9 Å². The number of alkyl halides is 3. The Morgan fingerprint density at radius 1 is 1.05 bits per heavy atom. The lowest BCUT2D eigenvalue weighted by atomic mass is 10.2. The van der Waals surface area contributed by atoms with Crippen LogP contribution in [0.25, 0.3) is 0 Å². The molecule has 0 amide bonds. The number of rotatable bonds is 3. The molecule has 100 valence electrons. The van der Waals surface area contributed by atoms with E-state index in [2.05, 4.69) is 10.3 Å². The van der Waals surface area contributed by atoms with Crippen LogP contribution in [0.15, 0.2) is 42.6 Å². The number of pyridine rings is 1. The molecule has 0 radical (unpaired) electrons. The Labute approximate surface area is 107 Å². The van der Waals surface area contributed by atoms with Crippen molar-refractivity contribution in [2.75, 3.05) is 5.32 Å². The number of aromatic hydroxyl groups is 1. The summed E-state index contributed by atoms with van der Waals surface area (Å²) in [7, 11) is 0. The van der Waals surface area contributed by atoms with Gasteiger partial charge in [-0.25, -0.2) is 0 Å². The SMILES string of the molecule is Oc1ccc(CNc2ccc(C(F)(F)F)cc2)nc1. The fourth-order valence-corrected chi connectivity index (χ4v) is 1.49. The van der Waals surface area contributed by atoms with Gasteiger partial charge in [0.15, 0.2) is 0 Å². The first-order valence-corrected chi connectivity index (χ1v) is 5.50. The fourth-order valence-electron chi connectivity index (χ4n) is 1.49. The molecule has 0 aliphatic heterocycles. The zero-order chi connectivity index (χ0) is 13.9. The Morgan fingerprint density at radius 3 is 2.26 bits per heavy atom. The molecule has 0 spiro atoms. The summed E-state index contributed by atoms with van der Waals surface area (Å²) in [5.74, 6) is 0.0679. The van der Waals surface area contributed by atoms with Crippen LogP contribution in [0.5, 0.6) is 5.75 Å². The Balaban J connectivity index is 1.98. The van der Waals surface area contributed by atoms with Gasteiger partial charge in [-0.3, -0.25) is 4.98 Å². The van der Waals surface area contributed by atoms with E-state index in [9.17, 15) is 13.2 Å². The first-order valence-electron chi connectivity index (χ1n) is 5.50. The maximum Gasteiger partial charge on any atom is 0.416 e. The lowest BCUT2D eigenvalue weighted by Crippen LogP contribution is -2.05. The summed E-state index contributed by atoms with van der Waals surface area (Å²) >= 11 is 0. The van der Waals surface area contributed by atoms with Crippen molar-refractivity contribution < 1.29 is 18.3 Å². The van der Waals surface area contributed by atoms with Gasteiger partial charge in [0.25, 0.3) is 0 Å². The van der Waals surface area contributed by atoms with Gasteiger partial charge in [0.05, 0.1) is 24.0 Å². The van der Waals surface area contributed by atoms with E-state index < -0.39 is 11.7 Å².